The molecule has 3 nitrogen and oxygen atoms in total. The highest BCUT2D eigenvalue weighted by Crippen LogP contribution is 2.11. The molecule has 0 unspecified atom stereocenters. The van der Waals surface area contributed by atoms with Crippen molar-refractivity contribution in [2.24, 2.45) is 5.73 Å². The predicted molar refractivity (Wildman–Crippen MR) is 83.0 cm³/mol. The quantitative estimate of drug-likeness (QED) is 0.932. The van der Waals surface area contributed by atoms with Gasteiger partial charge in [0.05, 0.1) is 0 Å². The molecule has 1 saturated heterocycles. The number of halogens is 2. The van der Waals surface area contributed by atoms with Crippen LogP contribution in [-0.4, -0.2) is 29.9 Å². The second kappa shape index (κ2) is 9.18. The zero-order valence-corrected chi connectivity index (χ0v) is 12.6. The molecule has 1 heterocycles. The molecule has 1 fully saturated rings. The van der Waals surface area contributed by atoms with Crippen molar-refractivity contribution in [3.8, 4) is 0 Å². The van der Waals surface area contributed by atoms with Crippen LogP contribution in [0.15, 0.2) is 30.3 Å². The van der Waals surface area contributed by atoms with E-state index in [1.54, 1.807) is 0 Å². The number of piperidine rings is 1. The van der Waals surface area contributed by atoms with Gasteiger partial charge in [-0.3, -0.25) is 4.79 Å². The third-order valence-corrected chi connectivity index (χ3v) is 3.36. The molecular formula is C14H22Cl2N2O. The number of carbonyl (C=O) groups is 1. The van der Waals surface area contributed by atoms with E-state index in [1.807, 2.05) is 23.1 Å². The fourth-order valence-electron chi connectivity index (χ4n) is 2.20. The van der Waals surface area contributed by atoms with Crippen molar-refractivity contribution in [3.63, 3.8) is 0 Å². The lowest BCUT2D eigenvalue weighted by molar-refractivity contribution is -0.132. The van der Waals surface area contributed by atoms with Gasteiger partial charge in [-0.15, -0.1) is 24.8 Å². The molecule has 2 rings (SSSR count). The first-order chi connectivity index (χ1) is 8.25. The Hall–Kier alpha value is -0.770. The lowest BCUT2D eigenvalue weighted by atomic mass is 10.0. The Morgan fingerprint density at radius 2 is 1.74 bits per heavy atom. The average molecular weight is 305 g/mol. The maximum Gasteiger partial charge on any atom is 0.222 e. The molecule has 1 aliphatic rings. The molecule has 5 heteroatoms. The van der Waals surface area contributed by atoms with Gasteiger partial charge in [0.25, 0.3) is 0 Å². The average Bonchev–Trinajstić information content (AvgIpc) is 2.38. The molecule has 1 amide bonds. The van der Waals surface area contributed by atoms with Gasteiger partial charge in [-0.25, -0.2) is 0 Å². The van der Waals surface area contributed by atoms with Gasteiger partial charge in [0.15, 0.2) is 0 Å². The fourth-order valence-corrected chi connectivity index (χ4v) is 2.20. The summed E-state index contributed by atoms with van der Waals surface area (Å²) in [6, 6.07) is 10.4. The topological polar surface area (TPSA) is 46.3 Å². The maximum absolute atomic E-state index is 12.0. The van der Waals surface area contributed by atoms with Crippen molar-refractivity contribution in [1.82, 2.24) is 4.90 Å². The summed E-state index contributed by atoms with van der Waals surface area (Å²) < 4.78 is 0. The van der Waals surface area contributed by atoms with Crippen LogP contribution < -0.4 is 5.73 Å². The van der Waals surface area contributed by atoms with E-state index in [4.69, 9.17) is 5.73 Å². The van der Waals surface area contributed by atoms with Crippen LogP contribution in [0.4, 0.5) is 0 Å². The summed E-state index contributed by atoms with van der Waals surface area (Å²) in [7, 11) is 0. The van der Waals surface area contributed by atoms with E-state index in [-0.39, 0.29) is 36.8 Å². The minimum Gasteiger partial charge on any atom is -0.343 e. The molecule has 108 valence electrons. The number of hydrogen-bond donors (Lipinski definition) is 1. The largest absolute Gasteiger partial charge is 0.343 e. The first kappa shape index (κ1) is 18.2. The van der Waals surface area contributed by atoms with Crippen LogP contribution in [0, 0.1) is 0 Å². The molecule has 1 aromatic rings. The number of benzene rings is 1. The number of carbonyl (C=O) groups excluding carboxylic acids is 1. The monoisotopic (exact) mass is 304 g/mol. The molecule has 0 atom stereocenters. The van der Waals surface area contributed by atoms with E-state index >= 15 is 0 Å². The number of nitrogens with zero attached hydrogens (tertiary/aromatic N) is 1. The van der Waals surface area contributed by atoms with E-state index in [0.29, 0.717) is 6.42 Å². The van der Waals surface area contributed by atoms with Crippen molar-refractivity contribution < 1.29 is 4.79 Å². The van der Waals surface area contributed by atoms with Gasteiger partial charge in [-0.05, 0) is 24.8 Å². The Morgan fingerprint density at radius 3 is 2.32 bits per heavy atom. The van der Waals surface area contributed by atoms with Crippen LogP contribution in [0.1, 0.15) is 24.8 Å². The summed E-state index contributed by atoms with van der Waals surface area (Å²) in [4.78, 5) is 13.9. The molecule has 0 radical (unpaired) electrons. The number of likely N-dealkylation sites (tertiary alicyclic amines) is 1. The van der Waals surface area contributed by atoms with Crippen LogP contribution in [0.2, 0.25) is 0 Å². The Labute approximate surface area is 127 Å². The van der Waals surface area contributed by atoms with Gasteiger partial charge in [0.2, 0.25) is 5.91 Å². The van der Waals surface area contributed by atoms with Crippen LogP contribution in [0.3, 0.4) is 0 Å². The highest BCUT2D eigenvalue weighted by molar-refractivity contribution is 5.85. The molecule has 2 N–H and O–H groups in total. The SMILES string of the molecule is Cl.Cl.NC1CCN(C(=O)CCc2ccccc2)CC1. The van der Waals surface area contributed by atoms with Gasteiger partial charge in [-0.1, -0.05) is 30.3 Å². The number of amides is 1. The lowest BCUT2D eigenvalue weighted by Gasteiger charge is -2.30. The highest BCUT2D eigenvalue weighted by Gasteiger charge is 2.19. The minimum atomic E-state index is 0. The molecule has 0 bridgehead atoms. The van der Waals surface area contributed by atoms with Crippen molar-refractivity contribution in [2.45, 2.75) is 31.7 Å². The first-order valence-electron chi connectivity index (χ1n) is 6.33. The number of nitrogens with two attached hydrogens (primary N) is 1. The Morgan fingerprint density at radius 1 is 1.16 bits per heavy atom. The van der Waals surface area contributed by atoms with Crippen molar-refractivity contribution in [2.75, 3.05) is 13.1 Å². The Kier molecular flexibility index (Phi) is 8.81. The molecule has 0 spiro atoms. The molecule has 1 aromatic carbocycles. The van der Waals surface area contributed by atoms with Crippen molar-refractivity contribution in [1.29, 1.82) is 0 Å². The van der Waals surface area contributed by atoms with E-state index < -0.39 is 0 Å². The van der Waals surface area contributed by atoms with E-state index in [9.17, 15) is 4.79 Å². The van der Waals surface area contributed by atoms with Crippen molar-refractivity contribution in [3.05, 3.63) is 35.9 Å². The fraction of sp³-hybridized carbons (Fsp3) is 0.500. The van der Waals surface area contributed by atoms with Crippen LogP contribution in [0.25, 0.3) is 0 Å². The molecule has 1 aliphatic heterocycles. The Bertz CT molecular complexity index is 365. The smallest absolute Gasteiger partial charge is 0.222 e. The van der Waals surface area contributed by atoms with E-state index in [0.717, 1.165) is 32.4 Å². The molecular weight excluding hydrogens is 283 g/mol. The summed E-state index contributed by atoms with van der Waals surface area (Å²) >= 11 is 0. The first-order valence-corrected chi connectivity index (χ1v) is 6.33. The van der Waals surface area contributed by atoms with Crippen LogP contribution in [-0.2, 0) is 11.2 Å². The van der Waals surface area contributed by atoms with Crippen LogP contribution in [0.5, 0.6) is 0 Å². The lowest BCUT2D eigenvalue weighted by Crippen LogP contribution is -2.42. The van der Waals surface area contributed by atoms with Gasteiger partial charge in [0.1, 0.15) is 0 Å². The van der Waals surface area contributed by atoms with E-state index in [1.165, 1.54) is 5.56 Å². The normalized spacial score (nSPS) is 15.3. The second-order valence-electron chi connectivity index (χ2n) is 4.70. The molecule has 19 heavy (non-hydrogen) atoms. The van der Waals surface area contributed by atoms with Gasteiger partial charge in [-0.2, -0.15) is 0 Å². The van der Waals surface area contributed by atoms with Crippen molar-refractivity contribution >= 4 is 30.7 Å². The van der Waals surface area contributed by atoms with Crippen LogP contribution >= 0.6 is 24.8 Å². The summed E-state index contributed by atoms with van der Waals surface area (Å²) in [6.45, 7) is 1.66. The minimum absolute atomic E-state index is 0. The Balaban J connectivity index is 0.00000162. The van der Waals surface area contributed by atoms with Gasteiger partial charge in [0, 0.05) is 25.6 Å². The second-order valence-corrected chi connectivity index (χ2v) is 4.70. The number of aryl methyl sites for hydroxylation is 1. The zero-order valence-electron chi connectivity index (χ0n) is 11.0. The number of rotatable bonds is 3. The van der Waals surface area contributed by atoms with E-state index in [2.05, 4.69) is 12.1 Å². The standard InChI is InChI=1S/C14H20N2O.2ClH/c15-13-8-10-16(11-9-13)14(17)7-6-12-4-2-1-3-5-12;;/h1-5,13H,6-11,15H2;2*1H. The predicted octanol–water partition coefficient (Wildman–Crippen LogP) is 2.41. The highest BCUT2D eigenvalue weighted by atomic mass is 35.5. The molecule has 0 saturated carbocycles. The van der Waals surface area contributed by atoms with Gasteiger partial charge < -0.3 is 10.6 Å². The summed E-state index contributed by atoms with van der Waals surface area (Å²) in [5.74, 6) is 0.265. The summed E-state index contributed by atoms with van der Waals surface area (Å²) in [6.07, 6.45) is 3.33. The maximum atomic E-state index is 12.0. The van der Waals surface area contributed by atoms with Gasteiger partial charge >= 0.3 is 0 Å². The molecule has 0 aliphatic carbocycles. The summed E-state index contributed by atoms with van der Waals surface area (Å²) in [5.41, 5.74) is 7.06. The molecule has 0 aromatic heterocycles. The number of hydrogen-bond acceptors (Lipinski definition) is 2. The summed E-state index contributed by atoms with van der Waals surface area (Å²) in [5, 5.41) is 0. The third-order valence-electron chi connectivity index (χ3n) is 3.36. The zero-order chi connectivity index (χ0) is 12.1. The third kappa shape index (κ3) is 5.81.